The average Bonchev–Trinajstić information content (AvgIpc) is 3.03. The highest BCUT2D eigenvalue weighted by molar-refractivity contribution is 5.98. The molecule has 0 aliphatic rings. The third-order valence-electron chi connectivity index (χ3n) is 4.51. The number of aryl methyl sites for hydroxylation is 1. The predicted octanol–water partition coefficient (Wildman–Crippen LogP) is 3.68. The maximum absolute atomic E-state index is 12.7. The van der Waals surface area contributed by atoms with Crippen molar-refractivity contribution in [1.82, 2.24) is 9.78 Å². The van der Waals surface area contributed by atoms with Crippen molar-refractivity contribution in [2.24, 2.45) is 0 Å². The van der Waals surface area contributed by atoms with Crippen LogP contribution in [0.3, 0.4) is 0 Å². The van der Waals surface area contributed by atoms with E-state index in [9.17, 15) is 9.59 Å². The number of nitrogens with zero attached hydrogens (tertiary/aromatic N) is 2. The summed E-state index contributed by atoms with van der Waals surface area (Å²) in [7, 11) is 1.52. The van der Waals surface area contributed by atoms with Gasteiger partial charge in [0.05, 0.1) is 29.9 Å². The number of amides is 1. The van der Waals surface area contributed by atoms with E-state index >= 15 is 0 Å². The Hall–Kier alpha value is -3.61. The second-order valence-corrected chi connectivity index (χ2v) is 6.53. The molecular formula is C22H23N3O4. The number of rotatable bonds is 6. The lowest BCUT2D eigenvalue weighted by Crippen LogP contribution is -2.30. The topological polar surface area (TPSA) is 82.4 Å². The summed E-state index contributed by atoms with van der Waals surface area (Å²) in [5.74, 6) is -0.520. The molecule has 0 saturated heterocycles. The molecule has 0 radical (unpaired) electrons. The first-order valence-electron chi connectivity index (χ1n) is 9.19. The van der Waals surface area contributed by atoms with Crippen LogP contribution in [0.4, 0.5) is 5.69 Å². The molecule has 7 heteroatoms. The van der Waals surface area contributed by atoms with Crippen LogP contribution < -0.4 is 10.1 Å². The molecule has 1 aromatic heterocycles. The molecule has 0 fully saturated rings. The van der Waals surface area contributed by atoms with Gasteiger partial charge in [-0.2, -0.15) is 5.10 Å². The Morgan fingerprint density at radius 1 is 1.03 bits per heavy atom. The van der Waals surface area contributed by atoms with Crippen LogP contribution in [0.25, 0.3) is 5.69 Å². The number of hydrogen-bond acceptors (Lipinski definition) is 5. The Kier molecular flexibility index (Phi) is 5.97. The molecule has 1 amide bonds. The number of para-hydroxylation sites is 3. The van der Waals surface area contributed by atoms with Gasteiger partial charge in [-0.1, -0.05) is 30.3 Å². The van der Waals surface area contributed by atoms with Crippen molar-refractivity contribution in [2.45, 2.75) is 26.9 Å². The van der Waals surface area contributed by atoms with Crippen LogP contribution in [-0.4, -0.2) is 34.9 Å². The van der Waals surface area contributed by atoms with Crippen LogP contribution in [-0.2, 0) is 9.53 Å². The molecule has 29 heavy (non-hydrogen) atoms. The van der Waals surface area contributed by atoms with Gasteiger partial charge in [0.25, 0.3) is 5.91 Å². The predicted molar refractivity (Wildman–Crippen MR) is 110 cm³/mol. The second kappa shape index (κ2) is 8.60. The number of carbonyl (C=O) groups excluding carboxylic acids is 2. The molecule has 0 saturated carbocycles. The highest BCUT2D eigenvalue weighted by Gasteiger charge is 2.25. The van der Waals surface area contributed by atoms with Gasteiger partial charge in [-0.3, -0.25) is 4.79 Å². The summed E-state index contributed by atoms with van der Waals surface area (Å²) in [6.07, 6.45) is -0.994. The number of aromatic nitrogens is 2. The van der Waals surface area contributed by atoms with Crippen molar-refractivity contribution in [1.29, 1.82) is 0 Å². The van der Waals surface area contributed by atoms with Crippen molar-refractivity contribution < 1.29 is 19.1 Å². The minimum absolute atomic E-state index is 0.353. The molecule has 1 N–H and O–H groups in total. The molecular weight excluding hydrogens is 370 g/mol. The molecule has 3 rings (SSSR count). The summed E-state index contributed by atoms with van der Waals surface area (Å²) in [6, 6.07) is 16.5. The number of methoxy groups -OCH3 is 1. The van der Waals surface area contributed by atoms with E-state index in [-0.39, 0.29) is 0 Å². The minimum atomic E-state index is -0.994. The lowest BCUT2D eigenvalue weighted by molar-refractivity contribution is -0.123. The zero-order chi connectivity index (χ0) is 21.0. The van der Waals surface area contributed by atoms with E-state index in [0.29, 0.717) is 28.4 Å². The van der Waals surface area contributed by atoms with Gasteiger partial charge in [0.2, 0.25) is 0 Å². The van der Waals surface area contributed by atoms with Gasteiger partial charge >= 0.3 is 5.97 Å². The molecule has 1 atom stereocenters. The molecule has 0 bridgehead atoms. The molecule has 3 aromatic rings. The summed E-state index contributed by atoms with van der Waals surface area (Å²) in [5.41, 5.74) is 2.89. The van der Waals surface area contributed by atoms with Crippen molar-refractivity contribution in [3.05, 3.63) is 71.5 Å². The molecule has 7 nitrogen and oxygen atoms in total. The van der Waals surface area contributed by atoms with Crippen LogP contribution in [0.2, 0.25) is 0 Å². The molecule has 0 aliphatic heterocycles. The summed E-state index contributed by atoms with van der Waals surface area (Å²) < 4.78 is 12.3. The molecule has 0 unspecified atom stereocenters. The quantitative estimate of drug-likeness (QED) is 0.646. The molecule has 1 heterocycles. The number of carbonyl (C=O) groups is 2. The summed E-state index contributed by atoms with van der Waals surface area (Å²) in [5, 5.41) is 7.16. The third kappa shape index (κ3) is 4.29. The van der Waals surface area contributed by atoms with Crippen molar-refractivity contribution >= 4 is 17.6 Å². The normalized spacial score (nSPS) is 11.6. The zero-order valence-electron chi connectivity index (χ0n) is 16.8. The van der Waals surface area contributed by atoms with Crippen LogP contribution in [0.1, 0.15) is 28.7 Å². The Bertz CT molecular complexity index is 1030. The summed E-state index contributed by atoms with van der Waals surface area (Å²) in [6.45, 7) is 5.06. The van der Waals surface area contributed by atoms with Crippen LogP contribution in [0.5, 0.6) is 5.75 Å². The lowest BCUT2D eigenvalue weighted by Gasteiger charge is -2.15. The fourth-order valence-corrected chi connectivity index (χ4v) is 3.01. The Balaban J connectivity index is 1.75. The highest BCUT2D eigenvalue weighted by Crippen LogP contribution is 2.24. The number of ether oxygens (including phenoxy) is 2. The number of esters is 1. The largest absolute Gasteiger partial charge is 0.495 e. The number of anilines is 1. The summed E-state index contributed by atoms with van der Waals surface area (Å²) >= 11 is 0. The van der Waals surface area contributed by atoms with Gasteiger partial charge in [-0.25, -0.2) is 9.48 Å². The van der Waals surface area contributed by atoms with Gasteiger partial charge < -0.3 is 14.8 Å². The number of benzene rings is 2. The fraction of sp³-hybridized carbons (Fsp3) is 0.227. The van der Waals surface area contributed by atoms with E-state index in [2.05, 4.69) is 10.4 Å². The molecule has 150 valence electrons. The lowest BCUT2D eigenvalue weighted by atomic mass is 10.2. The Labute approximate surface area is 169 Å². The average molecular weight is 393 g/mol. The molecule has 2 aromatic carbocycles. The second-order valence-electron chi connectivity index (χ2n) is 6.53. The van der Waals surface area contributed by atoms with Gasteiger partial charge in [0, 0.05) is 0 Å². The third-order valence-corrected chi connectivity index (χ3v) is 4.51. The van der Waals surface area contributed by atoms with E-state index < -0.39 is 18.0 Å². The van der Waals surface area contributed by atoms with E-state index in [1.807, 2.05) is 30.3 Å². The van der Waals surface area contributed by atoms with Crippen molar-refractivity contribution in [3.63, 3.8) is 0 Å². The van der Waals surface area contributed by atoms with E-state index in [1.54, 1.807) is 42.8 Å². The van der Waals surface area contributed by atoms with Gasteiger partial charge in [-0.15, -0.1) is 0 Å². The molecule has 0 spiro atoms. The van der Waals surface area contributed by atoms with Crippen LogP contribution in [0, 0.1) is 13.8 Å². The fourth-order valence-electron chi connectivity index (χ4n) is 3.01. The minimum Gasteiger partial charge on any atom is -0.495 e. The first-order valence-corrected chi connectivity index (χ1v) is 9.19. The molecule has 0 aliphatic carbocycles. The van der Waals surface area contributed by atoms with Gasteiger partial charge in [0.1, 0.15) is 11.3 Å². The SMILES string of the molecule is COc1ccccc1NC(=O)[C@H](C)OC(=O)c1c(C)nn(-c2ccccc2)c1C. The van der Waals surface area contributed by atoms with Crippen molar-refractivity contribution in [3.8, 4) is 11.4 Å². The zero-order valence-corrected chi connectivity index (χ0v) is 16.8. The van der Waals surface area contributed by atoms with E-state index in [0.717, 1.165) is 5.69 Å². The van der Waals surface area contributed by atoms with E-state index in [4.69, 9.17) is 9.47 Å². The van der Waals surface area contributed by atoms with Crippen LogP contribution in [0.15, 0.2) is 54.6 Å². The monoisotopic (exact) mass is 393 g/mol. The van der Waals surface area contributed by atoms with Crippen LogP contribution >= 0.6 is 0 Å². The standard InChI is InChI=1S/C22H23N3O4/c1-14-20(15(2)25(24-14)17-10-6-5-7-11-17)22(27)29-16(3)21(26)23-18-12-8-9-13-19(18)28-4/h5-13,16H,1-4H3,(H,23,26)/t16-/m0/s1. The summed E-state index contributed by atoms with van der Waals surface area (Å²) in [4.78, 5) is 25.2. The maximum atomic E-state index is 12.7. The highest BCUT2D eigenvalue weighted by atomic mass is 16.5. The van der Waals surface area contributed by atoms with Gasteiger partial charge in [-0.05, 0) is 45.0 Å². The Morgan fingerprint density at radius 2 is 1.69 bits per heavy atom. The van der Waals surface area contributed by atoms with E-state index in [1.165, 1.54) is 14.0 Å². The van der Waals surface area contributed by atoms with Crippen molar-refractivity contribution in [2.75, 3.05) is 12.4 Å². The maximum Gasteiger partial charge on any atom is 0.342 e. The number of nitrogens with one attached hydrogen (secondary N) is 1. The number of hydrogen-bond donors (Lipinski definition) is 1. The smallest absolute Gasteiger partial charge is 0.342 e. The first kappa shape index (κ1) is 20.1. The first-order chi connectivity index (χ1) is 13.9. The van der Waals surface area contributed by atoms with Gasteiger partial charge in [0.15, 0.2) is 6.10 Å². The Morgan fingerprint density at radius 3 is 2.38 bits per heavy atom.